The zero-order valence-corrected chi connectivity index (χ0v) is 13.4. The number of quaternary nitrogens is 1. The van der Waals surface area contributed by atoms with Crippen molar-refractivity contribution in [3.8, 4) is 11.5 Å². The quantitative estimate of drug-likeness (QED) is 0.780. The molecule has 0 saturated carbocycles. The summed E-state index contributed by atoms with van der Waals surface area (Å²) in [5, 5.41) is 3.68. The number of nitrogens with two attached hydrogens (primary N) is 1. The Balaban J connectivity index is 1.81. The molecule has 0 radical (unpaired) electrons. The average molecular weight is 309 g/mol. The number of aromatic amines is 1. The molecule has 0 aliphatic carbocycles. The molecule has 3 N–H and O–H groups in total. The molecule has 1 aliphatic rings. The van der Waals surface area contributed by atoms with E-state index in [1.807, 2.05) is 18.2 Å². The lowest BCUT2D eigenvalue weighted by Gasteiger charge is -2.21. The van der Waals surface area contributed by atoms with Gasteiger partial charge >= 0.3 is 0 Å². The second kappa shape index (κ2) is 5.63. The first-order valence-electron chi connectivity index (χ1n) is 7.96. The summed E-state index contributed by atoms with van der Waals surface area (Å²) >= 11 is 0. The molecular weight excluding hydrogens is 288 g/mol. The van der Waals surface area contributed by atoms with Crippen LogP contribution in [-0.2, 0) is 6.42 Å². The fraction of sp³-hybridized carbons (Fsp3) is 0.263. The maximum Gasteiger partial charge on any atom is 0.153 e. The van der Waals surface area contributed by atoms with Gasteiger partial charge in [0, 0.05) is 22.9 Å². The van der Waals surface area contributed by atoms with Crippen LogP contribution in [0.25, 0.3) is 10.9 Å². The van der Waals surface area contributed by atoms with Crippen LogP contribution in [0.1, 0.15) is 22.9 Å². The summed E-state index contributed by atoms with van der Waals surface area (Å²) in [6.07, 6.45) is 1.08. The Morgan fingerprint density at radius 3 is 2.48 bits per heavy atom. The van der Waals surface area contributed by atoms with E-state index in [1.165, 1.54) is 27.7 Å². The number of hydrogen-bond acceptors (Lipinski definition) is 2. The van der Waals surface area contributed by atoms with E-state index in [1.54, 1.807) is 14.2 Å². The standard InChI is InChI=1S/C19H20N2O2/c1-22-13-5-3-12(4-6-13)18-19-15(9-10-20-18)16-11-14(23-2)7-8-17(16)21-19/h3-8,11,18,20-21H,9-10H2,1-2H3/p+1/t18-/m0/s1. The van der Waals surface area contributed by atoms with Crippen LogP contribution in [0.3, 0.4) is 0 Å². The third-order valence-electron chi connectivity index (χ3n) is 4.73. The van der Waals surface area contributed by atoms with Gasteiger partial charge in [0.15, 0.2) is 6.04 Å². The predicted molar refractivity (Wildman–Crippen MR) is 90.2 cm³/mol. The second-order valence-corrected chi connectivity index (χ2v) is 5.95. The molecule has 0 bridgehead atoms. The van der Waals surface area contributed by atoms with Crippen molar-refractivity contribution in [2.24, 2.45) is 0 Å². The van der Waals surface area contributed by atoms with E-state index >= 15 is 0 Å². The van der Waals surface area contributed by atoms with Crippen LogP contribution < -0.4 is 14.8 Å². The number of nitrogens with one attached hydrogen (secondary N) is 1. The van der Waals surface area contributed by atoms with Crippen LogP contribution in [0.2, 0.25) is 0 Å². The number of benzene rings is 2. The minimum Gasteiger partial charge on any atom is -0.497 e. The second-order valence-electron chi connectivity index (χ2n) is 5.95. The van der Waals surface area contributed by atoms with Crippen LogP contribution in [0.15, 0.2) is 42.5 Å². The zero-order chi connectivity index (χ0) is 15.8. The van der Waals surface area contributed by atoms with Crippen molar-refractivity contribution in [3.63, 3.8) is 0 Å². The molecule has 1 aliphatic heterocycles. The fourth-order valence-corrected chi connectivity index (χ4v) is 3.54. The van der Waals surface area contributed by atoms with Gasteiger partial charge in [0.2, 0.25) is 0 Å². The number of methoxy groups -OCH3 is 2. The van der Waals surface area contributed by atoms with Crippen molar-refractivity contribution in [1.82, 2.24) is 4.98 Å². The molecule has 0 unspecified atom stereocenters. The molecule has 0 fully saturated rings. The number of H-pyrrole nitrogens is 1. The number of rotatable bonds is 3. The van der Waals surface area contributed by atoms with Crippen LogP contribution >= 0.6 is 0 Å². The van der Waals surface area contributed by atoms with Gasteiger partial charge in [-0.25, -0.2) is 0 Å². The van der Waals surface area contributed by atoms with Gasteiger partial charge in [-0.05, 0) is 48.0 Å². The van der Waals surface area contributed by atoms with Crippen LogP contribution in [0.4, 0.5) is 0 Å². The number of ether oxygens (including phenoxy) is 2. The number of aromatic nitrogens is 1. The minimum absolute atomic E-state index is 0.308. The van der Waals surface area contributed by atoms with E-state index in [0.29, 0.717) is 6.04 Å². The van der Waals surface area contributed by atoms with Gasteiger partial charge in [0.05, 0.1) is 26.5 Å². The van der Waals surface area contributed by atoms with Gasteiger partial charge in [0.25, 0.3) is 0 Å². The summed E-state index contributed by atoms with van der Waals surface area (Å²) < 4.78 is 10.7. The molecule has 1 aromatic heterocycles. The zero-order valence-electron chi connectivity index (χ0n) is 13.4. The summed E-state index contributed by atoms with van der Waals surface area (Å²) in [5.41, 5.74) is 5.21. The van der Waals surface area contributed by atoms with Crippen molar-refractivity contribution >= 4 is 10.9 Å². The van der Waals surface area contributed by atoms with Gasteiger partial charge in [0.1, 0.15) is 11.5 Å². The Morgan fingerprint density at radius 2 is 1.74 bits per heavy atom. The van der Waals surface area contributed by atoms with E-state index in [0.717, 1.165) is 24.5 Å². The van der Waals surface area contributed by atoms with E-state index in [4.69, 9.17) is 9.47 Å². The molecule has 0 saturated heterocycles. The Morgan fingerprint density at radius 1 is 1.00 bits per heavy atom. The SMILES string of the molecule is COc1ccc([C@@H]2[NH2+]CCc3c2[nH]c2ccc(OC)cc32)cc1. The molecule has 4 rings (SSSR count). The van der Waals surface area contributed by atoms with Crippen molar-refractivity contribution in [2.75, 3.05) is 20.8 Å². The Kier molecular flexibility index (Phi) is 3.46. The molecule has 23 heavy (non-hydrogen) atoms. The predicted octanol–water partition coefficient (Wildman–Crippen LogP) is 2.39. The number of fused-ring (bicyclic) bond motifs is 3. The summed E-state index contributed by atoms with van der Waals surface area (Å²) in [7, 11) is 3.42. The Bertz CT molecular complexity index is 836. The molecule has 4 nitrogen and oxygen atoms in total. The summed E-state index contributed by atoms with van der Waals surface area (Å²) in [6, 6.07) is 14.9. The maximum atomic E-state index is 5.38. The van der Waals surface area contributed by atoms with E-state index < -0.39 is 0 Å². The highest BCUT2D eigenvalue weighted by Gasteiger charge is 2.28. The molecular formula is C19H21N2O2+. The van der Waals surface area contributed by atoms with E-state index in [9.17, 15) is 0 Å². The van der Waals surface area contributed by atoms with Gasteiger partial charge in [-0.1, -0.05) is 0 Å². The molecule has 0 spiro atoms. The molecule has 0 amide bonds. The minimum atomic E-state index is 0.308. The van der Waals surface area contributed by atoms with Gasteiger partial charge < -0.3 is 19.8 Å². The Hall–Kier alpha value is -2.46. The first kappa shape index (κ1) is 14.2. The molecule has 1 atom stereocenters. The average Bonchev–Trinajstić information content (AvgIpc) is 2.99. The third-order valence-corrected chi connectivity index (χ3v) is 4.73. The summed E-state index contributed by atoms with van der Waals surface area (Å²) in [5.74, 6) is 1.81. The monoisotopic (exact) mass is 309 g/mol. The Labute approximate surface area is 135 Å². The first-order chi connectivity index (χ1) is 11.3. The molecule has 2 heterocycles. The molecule has 118 valence electrons. The lowest BCUT2D eigenvalue weighted by Crippen LogP contribution is -2.87. The summed E-state index contributed by atoms with van der Waals surface area (Å²) in [6.45, 7) is 1.09. The number of hydrogen-bond donors (Lipinski definition) is 2. The first-order valence-corrected chi connectivity index (χ1v) is 7.96. The molecule has 2 aromatic carbocycles. The lowest BCUT2D eigenvalue weighted by molar-refractivity contribution is -0.690. The van der Waals surface area contributed by atoms with Crippen molar-refractivity contribution in [3.05, 3.63) is 59.3 Å². The topological polar surface area (TPSA) is 50.9 Å². The maximum absolute atomic E-state index is 5.38. The van der Waals surface area contributed by atoms with Crippen LogP contribution in [-0.4, -0.2) is 25.7 Å². The van der Waals surface area contributed by atoms with Crippen molar-refractivity contribution < 1.29 is 14.8 Å². The van der Waals surface area contributed by atoms with E-state index in [2.05, 4.69) is 34.6 Å². The fourth-order valence-electron chi connectivity index (χ4n) is 3.54. The van der Waals surface area contributed by atoms with E-state index in [-0.39, 0.29) is 0 Å². The van der Waals surface area contributed by atoms with Gasteiger partial charge in [-0.2, -0.15) is 0 Å². The molecule has 3 aromatic rings. The normalized spacial score (nSPS) is 17.0. The smallest absolute Gasteiger partial charge is 0.153 e. The molecule has 4 heteroatoms. The van der Waals surface area contributed by atoms with Crippen molar-refractivity contribution in [1.29, 1.82) is 0 Å². The highest BCUT2D eigenvalue weighted by atomic mass is 16.5. The van der Waals surface area contributed by atoms with Crippen molar-refractivity contribution in [2.45, 2.75) is 12.5 Å². The summed E-state index contributed by atoms with van der Waals surface area (Å²) in [4.78, 5) is 3.63. The van der Waals surface area contributed by atoms with Crippen LogP contribution in [0.5, 0.6) is 11.5 Å². The van der Waals surface area contributed by atoms with Gasteiger partial charge in [-0.3, -0.25) is 0 Å². The largest absolute Gasteiger partial charge is 0.497 e. The third kappa shape index (κ3) is 2.35. The highest BCUT2D eigenvalue weighted by molar-refractivity contribution is 5.86. The highest BCUT2D eigenvalue weighted by Crippen LogP contribution is 2.33. The van der Waals surface area contributed by atoms with Gasteiger partial charge in [-0.15, -0.1) is 0 Å². The van der Waals surface area contributed by atoms with Crippen LogP contribution in [0, 0.1) is 0 Å². The lowest BCUT2D eigenvalue weighted by atomic mass is 9.94.